The lowest BCUT2D eigenvalue weighted by atomic mass is 9.86. The molecule has 5 aromatic rings. The number of hydrogen-bond donors (Lipinski definition) is 0. The van der Waals surface area contributed by atoms with Gasteiger partial charge in [0.1, 0.15) is 0 Å². The van der Waals surface area contributed by atoms with E-state index in [1.165, 1.54) is 43.8 Å². The second-order valence-corrected chi connectivity index (χ2v) is 9.43. The summed E-state index contributed by atoms with van der Waals surface area (Å²) in [5.74, 6) is 0. The van der Waals surface area contributed by atoms with Crippen LogP contribution in [0.4, 0.5) is 0 Å². The standard InChI is InChI=1S/C26H15Br3/c27-20-15-21(28)26(29)25-23(17-11-5-2-6-12-17)19-14-8-7-13-18(19)22(24(20)25)16-9-3-1-4-10-16/h1-15H. The maximum Gasteiger partial charge on any atom is 0.0403 e. The van der Waals surface area contributed by atoms with Gasteiger partial charge in [-0.1, -0.05) is 101 Å². The predicted octanol–water partition coefficient (Wildman–Crippen LogP) is 9.61. The summed E-state index contributed by atoms with van der Waals surface area (Å²) in [7, 11) is 0. The van der Waals surface area contributed by atoms with Crippen molar-refractivity contribution in [1.29, 1.82) is 0 Å². The van der Waals surface area contributed by atoms with E-state index in [0.717, 1.165) is 13.4 Å². The fourth-order valence-electron chi connectivity index (χ4n) is 4.07. The third kappa shape index (κ3) is 3.16. The summed E-state index contributed by atoms with van der Waals surface area (Å²) in [4.78, 5) is 0. The summed E-state index contributed by atoms with van der Waals surface area (Å²) in [6, 6.07) is 32.1. The molecule has 0 spiro atoms. The highest BCUT2D eigenvalue weighted by Crippen LogP contribution is 2.50. The van der Waals surface area contributed by atoms with Crippen molar-refractivity contribution in [3.63, 3.8) is 0 Å². The summed E-state index contributed by atoms with van der Waals surface area (Å²) in [5, 5.41) is 4.91. The molecular weight excluding hydrogens is 552 g/mol. The number of halogens is 3. The Kier molecular flexibility index (Phi) is 5.07. The first-order valence-corrected chi connectivity index (χ1v) is 11.7. The summed E-state index contributed by atoms with van der Waals surface area (Å²) in [5.41, 5.74) is 4.91. The van der Waals surface area contributed by atoms with E-state index in [0.29, 0.717) is 0 Å². The molecule has 0 unspecified atom stereocenters. The van der Waals surface area contributed by atoms with Crippen LogP contribution in [0.5, 0.6) is 0 Å². The first-order chi connectivity index (χ1) is 14.2. The molecule has 0 saturated heterocycles. The van der Waals surface area contributed by atoms with Crippen molar-refractivity contribution in [3.8, 4) is 22.3 Å². The summed E-state index contributed by atoms with van der Waals surface area (Å²) in [6.07, 6.45) is 0. The number of rotatable bonds is 2. The van der Waals surface area contributed by atoms with Gasteiger partial charge in [-0.05, 0) is 71.0 Å². The Morgan fingerprint density at radius 2 is 0.897 bits per heavy atom. The van der Waals surface area contributed by atoms with Crippen LogP contribution in [0.25, 0.3) is 43.8 Å². The molecule has 0 fully saturated rings. The normalized spacial score (nSPS) is 11.3. The van der Waals surface area contributed by atoms with Gasteiger partial charge in [-0.15, -0.1) is 0 Å². The fourth-order valence-corrected chi connectivity index (χ4v) is 5.94. The van der Waals surface area contributed by atoms with E-state index < -0.39 is 0 Å². The molecule has 140 valence electrons. The average Bonchev–Trinajstić information content (AvgIpc) is 2.77. The molecule has 5 aromatic carbocycles. The third-order valence-corrected chi connectivity index (χ3v) is 7.87. The maximum absolute atomic E-state index is 3.89. The topological polar surface area (TPSA) is 0 Å². The van der Waals surface area contributed by atoms with Crippen LogP contribution in [0.2, 0.25) is 0 Å². The van der Waals surface area contributed by atoms with Crippen LogP contribution in [0.3, 0.4) is 0 Å². The first kappa shape index (κ1) is 19.0. The summed E-state index contributed by atoms with van der Waals surface area (Å²) in [6.45, 7) is 0. The van der Waals surface area contributed by atoms with Gasteiger partial charge in [-0.25, -0.2) is 0 Å². The zero-order chi connectivity index (χ0) is 20.0. The smallest absolute Gasteiger partial charge is 0.0403 e. The van der Waals surface area contributed by atoms with Crippen LogP contribution in [0, 0.1) is 0 Å². The quantitative estimate of drug-likeness (QED) is 0.147. The highest BCUT2D eigenvalue weighted by atomic mass is 79.9. The Bertz CT molecular complexity index is 1360. The molecule has 0 amide bonds. The van der Waals surface area contributed by atoms with Gasteiger partial charge in [-0.2, -0.15) is 0 Å². The average molecular weight is 567 g/mol. The monoisotopic (exact) mass is 564 g/mol. The van der Waals surface area contributed by atoms with E-state index in [4.69, 9.17) is 0 Å². The number of benzene rings is 5. The number of fused-ring (bicyclic) bond motifs is 2. The van der Waals surface area contributed by atoms with Gasteiger partial charge in [0.25, 0.3) is 0 Å². The van der Waals surface area contributed by atoms with E-state index in [1.54, 1.807) is 0 Å². The molecule has 0 heterocycles. The summed E-state index contributed by atoms with van der Waals surface area (Å²) >= 11 is 11.5. The van der Waals surface area contributed by atoms with Crippen molar-refractivity contribution < 1.29 is 0 Å². The van der Waals surface area contributed by atoms with Crippen LogP contribution in [0.1, 0.15) is 0 Å². The highest BCUT2D eigenvalue weighted by molar-refractivity contribution is 9.13. The van der Waals surface area contributed by atoms with Gasteiger partial charge in [0.05, 0.1) is 0 Å². The molecule has 0 radical (unpaired) electrons. The second-order valence-electron chi connectivity index (χ2n) is 6.93. The van der Waals surface area contributed by atoms with Crippen molar-refractivity contribution in [2.75, 3.05) is 0 Å². The Hall–Kier alpha value is -1.94. The molecule has 0 atom stereocenters. The lowest BCUT2D eigenvalue weighted by Crippen LogP contribution is -1.93. The van der Waals surface area contributed by atoms with Crippen molar-refractivity contribution in [2.24, 2.45) is 0 Å². The Morgan fingerprint density at radius 3 is 1.41 bits per heavy atom. The third-order valence-electron chi connectivity index (χ3n) is 5.26. The predicted molar refractivity (Wildman–Crippen MR) is 135 cm³/mol. The SMILES string of the molecule is Brc1cc(Br)c2c(-c3ccccc3)c3ccccc3c(-c3ccccc3)c2c1Br. The highest BCUT2D eigenvalue weighted by Gasteiger charge is 2.21. The van der Waals surface area contributed by atoms with Crippen LogP contribution in [-0.4, -0.2) is 0 Å². The molecule has 5 rings (SSSR count). The number of hydrogen-bond acceptors (Lipinski definition) is 0. The Morgan fingerprint density at radius 1 is 0.448 bits per heavy atom. The van der Waals surface area contributed by atoms with Crippen molar-refractivity contribution in [2.45, 2.75) is 0 Å². The maximum atomic E-state index is 3.89. The largest absolute Gasteiger partial charge is 0.0622 e. The molecule has 29 heavy (non-hydrogen) atoms. The lowest BCUT2D eigenvalue weighted by Gasteiger charge is -2.20. The first-order valence-electron chi connectivity index (χ1n) is 9.29. The van der Waals surface area contributed by atoms with Gasteiger partial charge in [0.15, 0.2) is 0 Å². The Balaban J connectivity index is 2.12. The van der Waals surface area contributed by atoms with E-state index in [-0.39, 0.29) is 0 Å². The molecular formula is C26H15Br3. The van der Waals surface area contributed by atoms with Crippen LogP contribution >= 0.6 is 47.8 Å². The molecule has 0 aromatic heterocycles. The van der Waals surface area contributed by atoms with Gasteiger partial charge in [0.2, 0.25) is 0 Å². The molecule has 0 aliphatic heterocycles. The molecule has 0 aliphatic carbocycles. The van der Waals surface area contributed by atoms with Crippen LogP contribution in [-0.2, 0) is 0 Å². The second kappa shape index (κ2) is 7.71. The molecule has 3 heteroatoms. The molecule has 0 saturated carbocycles. The zero-order valence-corrected chi connectivity index (χ0v) is 20.1. The van der Waals surface area contributed by atoms with Gasteiger partial charge >= 0.3 is 0 Å². The summed E-state index contributed by atoms with van der Waals surface area (Å²) < 4.78 is 3.17. The fraction of sp³-hybridized carbons (Fsp3) is 0. The molecule has 0 aliphatic rings. The minimum atomic E-state index is 1.03. The van der Waals surface area contributed by atoms with Gasteiger partial charge in [0, 0.05) is 24.2 Å². The van der Waals surface area contributed by atoms with Crippen LogP contribution < -0.4 is 0 Å². The lowest BCUT2D eigenvalue weighted by molar-refractivity contribution is 1.60. The van der Waals surface area contributed by atoms with Gasteiger partial charge in [-0.3, -0.25) is 0 Å². The van der Waals surface area contributed by atoms with E-state index in [9.17, 15) is 0 Å². The molecule has 0 N–H and O–H groups in total. The minimum absolute atomic E-state index is 1.03. The van der Waals surface area contributed by atoms with Crippen molar-refractivity contribution in [1.82, 2.24) is 0 Å². The minimum Gasteiger partial charge on any atom is -0.0622 e. The van der Waals surface area contributed by atoms with Crippen molar-refractivity contribution in [3.05, 3.63) is 104 Å². The Labute approximate surface area is 195 Å². The van der Waals surface area contributed by atoms with E-state index in [1.807, 2.05) is 0 Å². The zero-order valence-electron chi connectivity index (χ0n) is 15.3. The van der Waals surface area contributed by atoms with E-state index in [2.05, 4.69) is 139 Å². The van der Waals surface area contributed by atoms with Crippen LogP contribution in [0.15, 0.2) is 104 Å². The molecule has 0 bridgehead atoms. The van der Waals surface area contributed by atoms with E-state index >= 15 is 0 Å². The molecule has 0 nitrogen and oxygen atoms in total. The van der Waals surface area contributed by atoms with Crippen molar-refractivity contribution >= 4 is 69.3 Å². The van der Waals surface area contributed by atoms with Gasteiger partial charge < -0.3 is 0 Å².